The maximum atomic E-state index is 11.1. The van der Waals surface area contributed by atoms with Crippen LogP contribution >= 0.6 is 0 Å². The normalized spacial score (nSPS) is 20.2. The summed E-state index contributed by atoms with van der Waals surface area (Å²) < 4.78 is 10.8. The molecule has 0 N–H and O–H groups in total. The van der Waals surface area contributed by atoms with Gasteiger partial charge in [-0.05, 0) is 6.07 Å². The fourth-order valence-corrected chi connectivity index (χ4v) is 1.48. The maximum absolute atomic E-state index is 11.1. The Morgan fingerprint density at radius 1 is 1.67 bits per heavy atom. The van der Waals surface area contributed by atoms with Gasteiger partial charge in [0.2, 0.25) is 0 Å². The smallest absolute Gasteiger partial charge is 0.178 e. The van der Waals surface area contributed by atoms with Crippen molar-refractivity contribution in [2.24, 2.45) is 0 Å². The average Bonchev–Trinajstić information content (AvgIpc) is 2.71. The zero-order valence-electron chi connectivity index (χ0n) is 8.60. The SMILES string of the molecule is CC(=O)c1cc(O[C@H]2CCOC2)ccn1. The number of carbonyl (C=O) groups excluding carboxylic acids is 1. The zero-order chi connectivity index (χ0) is 10.7. The van der Waals surface area contributed by atoms with Crippen molar-refractivity contribution in [3.63, 3.8) is 0 Å². The maximum Gasteiger partial charge on any atom is 0.178 e. The molecule has 0 spiro atoms. The Bertz CT molecular complexity index is 359. The molecule has 1 fully saturated rings. The second-order valence-corrected chi connectivity index (χ2v) is 3.54. The Balaban J connectivity index is 2.07. The van der Waals surface area contributed by atoms with Crippen LogP contribution in [0.25, 0.3) is 0 Å². The van der Waals surface area contributed by atoms with Crippen molar-refractivity contribution >= 4 is 5.78 Å². The molecule has 0 radical (unpaired) electrons. The molecule has 0 aromatic carbocycles. The number of rotatable bonds is 3. The number of pyridine rings is 1. The van der Waals surface area contributed by atoms with Gasteiger partial charge in [0.1, 0.15) is 17.5 Å². The van der Waals surface area contributed by atoms with Gasteiger partial charge in [0.15, 0.2) is 5.78 Å². The number of Topliss-reactive ketones (excluding diaryl/α,β-unsaturated/α-hetero) is 1. The van der Waals surface area contributed by atoms with E-state index in [-0.39, 0.29) is 11.9 Å². The molecule has 4 nitrogen and oxygen atoms in total. The Morgan fingerprint density at radius 3 is 3.20 bits per heavy atom. The molecule has 4 heteroatoms. The van der Waals surface area contributed by atoms with E-state index in [1.165, 1.54) is 6.92 Å². The zero-order valence-corrected chi connectivity index (χ0v) is 8.60. The highest BCUT2D eigenvalue weighted by molar-refractivity contribution is 5.92. The third-order valence-corrected chi connectivity index (χ3v) is 2.28. The molecule has 0 unspecified atom stereocenters. The molecule has 1 saturated heterocycles. The third kappa shape index (κ3) is 2.53. The van der Waals surface area contributed by atoms with E-state index in [1.807, 2.05) is 0 Å². The lowest BCUT2D eigenvalue weighted by atomic mass is 10.2. The monoisotopic (exact) mass is 207 g/mol. The largest absolute Gasteiger partial charge is 0.488 e. The minimum atomic E-state index is -0.0527. The van der Waals surface area contributed by atoms with Gasteiger partial charge in [0.05, 0.1) is 13.2 Å². The van der Waals surface area contributed by atoms with Gasteiger partial charge in [0, 0.05) is 25.6 Å². The quantitative estimate of drug-likeness (QED) is 0.704. The van der Waals surface area contributed by atoms with Crippen LogP contribution in [0.4, 0.5) is 0 Å². The van der Waals surface area contributed by atoms with Crippen LogP contribution in [0, 0.1) is 0 Å². The number of carbonyl (C=O) groups is 1. The Morgan fingerprint density at radius 2 is 2.53 bits per heavy atom. The third-order valence-electron chi connectivity index (χ3n) is 2.28. The van der Waals surface area contributed by atoms with Crippen molar-refractivity contribution in [3.8, 4) is 5.75 Å². The number of hydrogen-bond acceptors (Lipinski definition) is 4. The van der Waals surface area contributed by atoms with Gasteiger partial charge in [-0.15, -0.1) is 0 Å². The lowest BCUT2D eigenvalue weighted by molar-refractivity contribution is 0.101. The first-order valence-corrected chi connectivity index (χ1v) is 4.97. The first-order chi connectivity index (χ1) is 7.25. The van der Waals surface area contributed by atoms with Gasteiger partial charge in [-0.25, -0.2) is 0 Å². The molecule has 1 aromatic rings. The molecule has 0 saturated carbocycles. The topological polar surface area (TPSA) is 48.4 Å². The fraction of sp³-hybridized carbons (Fsp3) is 0.455. The summed E-state index contributed by atoms with van der Waals surface area (Å²) in [6, 6.07) is 3.42. The van der Waals surface area contributed by atoms with E-state index in [2.05, 4.69) is 4.98 Å². The number of ether oxygens (including phenoxy) is 2. The summed E-state index contributed by atoms with van der Waals surface area (Å²) in [5.41, 5.74) is 0.436. The van der Waals surface area contributed by atoms with Gasteiger partial charge < -0.3 is 9.47 Å². The van der Waals surface area contributed by atoms with Crippen LogP contribution in [0.15, 0.2) is 18.3 Å². The molecular formula is C11H13NO3. The van der Waals surface area contributed by atoms with Crippen LogP contribution in [-0.4, -0.2) is 30.1 Å². The van der Waals surface area contributed by atoms with Gasteiger partial charge in [0.25, 0.3) is 0 Å². The van der Waals surface area contributed by atoms with Crippen molar-refractivity contribution in [2.75, 3.05) is 13.2 Å². The summed E-state index contributed by atoms with van der Waals surface area (Å²) in [6.45, 7) is 2.86. The highest BCUT2D eigenvalue weighted by atomic mass is 16.5. The number of ketones is 1. The average molecular weight is 207 g/mol. The molecule has 1 aliphatic rings. The molecule has 1 aromatic heterocycles. The summed E-state index contributed by atoms with van der Waals surface area (Å²) >= 11 is 0. The molecule has 1 aliphatic heterocycles. The van der Waals surface area contributed by atoms with Gasteiger partial charge in [-0.3, -0.25) is 9.78 Å². The second kappa shape index (κ2) is 4.40. The van der Waals surface area contributed by atoms with Crippen LogP contribution < -0.4 is 4.74 Å². The van der Waals surface area contributed by atoms with E-state index < -0.39 is 0 Å². The number of hydrogen-bond donors (Lipinski definition) is 0. The fourth-order valence-electron chi connectivity index (χ4n) is 1.48. The minimum Gasteiger partial charge on any atom is -0.488 e. The second-order valence-electron chi connectivity index (χ2n) is 3.54. The summed E-state index contributed by atoms with van der Waals surface area (Å²) in [5.74, 6) is 0.633. The van der Waals surface area contributed by atoms with Crippen molar-refractivity contribution in [1.29, 1.82) is 0 Å². The van der Waals surface area contributed by atoms with Crippen molar-refractivity contribution in [2.45, 2.75) is 19.4 Å². The minimum absolute atomic E-state index is 0.0527. The van der Waals surface area contributed by atoms with E-state index in [0.29, 0.717) is 18.1 Å². The van der Waals surface area contributed by atoms with Crippen LogP contribution in [0.5, 0.6) is 5.75 Å². The molecule has 0 amide bonds. The van der Waals surface area contributed by atoms with E-state index in [9.17, 15) is 4.79 Å². The van der Waals surface area contributed by atoms with Gasteiger partial charge in [-0.2, -0.15) is 0 Å². The molecule has 80 valence electrons. The van der Waals surface area contributed by atoms with E-state index in [1.54, 1.807) is 18.3 Å². The van der Waals surface area contributed by atoms with Crippen LogP contribution in [-0.2, 0) is 4.74 Å². The Hall–Kier alpha value is -1.42. The molecular weight excluding hydrogens is 194 g/mol. The van der Waals surface area contributed by atoms with E-state index >= 15 is 0 Å². The lowest BCUT2D eigenvalue weighted by Gasteiger charge is -2.11. The summed E-state index contributed by atoms with van der Waals surface area (Å²) in [6.07, 6.45) is 2.59. The summed E-state index contributed by atoms with van der Waals surface area (Å²) in [7, 11) is 0. The number of aromatic nitrogens is 1. The highest BCUT2D eigenvalue weighted by Crippen LogP contribution is 2.17. The van der Waals surface area contributed by atoms with Crippen LogP contribution in [0.2, 0.25) is 0 Å². The van der Waals surface area contributed by atoms with Gasteiger partial charge >= 0.3 is 0 Å². The van der Waals surface area contributed by atoms with Crippen molar-refractivity contribution in [3.05, 3.63) is 24.0 Å². The summed E-state index contributed by atoms with van der Waals surface area (Å²) in [4.78, 5) is 15.0. The first kappa shape index (κ1) is 10.1. The predicted molar refractivity (Wildman–Crippen MR) is 54.1 cm³/mol. The lowest BCUT2D eigenvalue weighted by Crippen LogP contribution is -2.16. The molecule has 2 rings (SSSR count). The Kier molecular flexibility index (Phi) is 2.97. The van der Waals surface area contributed by atoms with E-state index in [0.717, 1.165) is 13.0 Å². The Labute approximate surface area is 88.2 Å². The van der Waals surface area contributed by atoms with E-state index in [4.69, 9.17) is 9.47 Å². The van der Waals surface area contributed by atoms with Crippen molar-refractivity contribution in [1.82, 2.24) is 4.98 Å². The van der Waals surface area contributed by atoms with Crippen LogP contribution in [0.1, 0.15) is 23.8 Å². The highest BCUT2D eigenvalue weighted by Gasteiger charge is 2.17. The first-order valence-electron chi connectivity index (χ1n) is 4.97. The molecule has 0 bridgehead atoms. The predicted octanol–water partition coefficient (Wildman–Crippen LogP) is 1.45. The molecule has 2 heterocycles. The molecule has 0 aliphatic carbocycles. The van der Waals surface area contributed by atoms with Crippen LogP contribution in [0.3, 0.4) is 0 Å². The molecule has 1 atom stereocenters. The van der Waals surface area contributed by atoms with Crippen molar-refractivity contribution < 1.29 is 14.3 Å². The number of nitrogens with zero attached hydrogens (tertiary/aromatic N) is 1. The van der Waals surface area contributed by atoms with Gasteiger partial charge in [-0.1, -0.05) is 0 Å². The molecule has 15 heavy (non-hydrogen) atoms. The standard InChI is InChI=1S/C11H13NO3/c1-8(13)11-6-9(2-4-12-11)15-10-3-5-14-7-10/h2,4,6,10H,3,5,7H2,1H3/t10-/m0/s1. The summed E-state index contributed by atoms with van der Waals surface area (Å²) in [5, 5.41) is 0.